The average Bonchev–Trinajstić information content (AvgIpc) is 2.63. The molecule has 1 unspecified atom stereocenters. The number of nitrogens with zero attached hydrogens (tertiary/aromatic N) is 2. The van der Waals surface area contributed by atoms with Gasteiger partial charge in [-0.05, 0) is 18.9 Å². The zero-order chi connectivity index (χ0) is 10.2. The van der Waals surface area contributed by atoms with E-state index in [1.807, 2.05) is 7.05 Å². The van der Waals surface area contributed by atoms with E-state index >= 15 is 0 Å². The second-order valence-electron chi connectivity index (χ2n) is 4.63. The highest BCUT2D eigenvalue weighted by Gasteiger charge is 2.48. The third-order valence-corrected chi connectivity index (χ3v) is 3.98. The van der Waals surface area contributed by atoms with E-state index in [1.54, 1.807) is 11.3 Å². The molecule has 4 heteroatoms. The van der Waals surface area contributed by atoms with Crippen LogP contribution < -0.4 is 5.32 Å². The third-order valence-electron chi connectivity index (χ3n) is 2.88. The molecular weight excluding hydrogens is 194 g/mol. The Balaban J connectivity index is 1.97. The van der Waals surface area contributed by atoms with E-state index < -0.39 is 0 Å². The molecule has 1 heterocycles. The minimum atomic E-state index is 0.472. The standard InChI is InChI=1S/C10H17N3S/c1-10(2)6-7(10)9-13-12-8(14-9)4-5-11-3/h7,11H,4-6H2,1-3H3. The highest BCUT2D eigenvalue weighted by Crippen LogP contribution is 2.58. The number of hydrogen-bond donors (Lipinski definition) is 1. The predicted molar refractivity (Wildman–Crippen MR) is 58.7 cm³/mol. The number of rotatable bonds is 4. The molecule has 1 atom stereocenters. The highest BCUT2D eigenvalue weighted by atomic mass is 32.1. The van der Waals surface area contributed by atoms with Gasteiger partial charge in [0, 0.05) is 18.9 Å². The Kier molecular flexibility index (Phi) is 2.58. The van der Waals surface area contributed by atoms with Crippen LogP contribution in [0.5, 0.6) is 0 Å². The highest BCUT2D eigenvalue weighted by molar-refractivity contribution is 7.11. The van der Waals surface area contributed by atoms with Crippen molar-refractivity contribution in [1.82, 2.24) is 15.5 Å². The normalized spacial score (nSPS) is 23.8. The molecule has 0 saturated heterocycles. The first-order valence-electron chi connectivity index (χ1n) is 5.10. The minimum absolute atomic E-state index is 0.472. The van der Waals surface area contributed by atoms with E-state index in [2.05, 4.69) is 29.4 Å². The molecule has 2 rings (SSSR count). The molecule has 0 aromatic carbocycles. The first-order chi connectivity index (χ1) is 6.63. The molecule has 1 fully saturated rings. The molecule has 0 radical (unpaired) electrons. The summed E-state index contributed by atoms with van der Waals surface area (Å²) >= 11 is 1.78. The number of aromatic nitrogens is 2. The summed E-state index contributed by atoms with van der Waals surface area (Å²) in [6.07, 6.45) is 2.27. The van der Waals surface area contributed by atoms with Crippen molar-refractivity contribution in [3.8, 4) is 0 Å². The van der Waals surface area contributed by atoms with Gasteiger partial charge in [0.25, 0.3) is 0 Å². The van der Waals surface area contributed by atoms with Crippen molar-refractivity contribution < 1.29 is 0 Å². The van der Waals surface area contributed by atoms with E-state index in [0.717, 1.165) is 18.0 Å². The molecule has 3 nitrogen and oxygen atoms in total. The molecule has 78 valence electrons. The number of nitrogens with one attached hydrogen (secondary N) is 1. The van der Waals surface area contributed by atoms with Crippen LogP contribution in [-0.2, 0) is 6.42 Å². The third kappa shape index (κ3) is 1.96. The van der Waals surface area contributed by atoms with Gasteiger partial charge in [-0.25, -0.2) is 0 Å². The van der Waals surface area contributed by atoms with Gasteiger partial charge in [-0.3, -0.25) is 0 Å². The molecule has 0 bridgehead atoms. The van der Waals surface area contributed by atoms with Crippen molar-refractivity contribution in [1.29, 1.82) is 0 Å². The lowest BCUT2D eigenvalue weighted by molar-refractivity contribution is 0.618. The molecule has 0 amide bonds. The molecule has 1 aliphatic carbocycles. The fourth-order valence-electron chi connectivity index (χ4n) is 1.63. The summed E-state index contributed by atoms with van der Waals surface area (Å²) < 4.78 is 0. The van der Waals surface area contributed by atoms with Crippen molar-refractivity contribution in [2.24, 2.45) is 5.41 Å². The van der Waals surface area contributed by atoms with Gasteiger partial charge in [0.05, 0.1) is 0 Å². The maximum absolute atomic E-state index is 4.27. The van der Waals surface area contributed by atoms with Crippen molar-refractivity contribution in [3.63, 3.8) is 0 Å². The Bertz CT molecular complexity index is 319. The van der Waals surface area contributed by atoms with Crippen molar-refractivity contribution in [2.45, 2.75) is 32.6 Å². The van der Waals surface area contributed by atoms with Crippen molar-refractivity contribution in [2.75, 3.05) is 13.6 Å². The summed E-state index contributed by atoms with van der Waals surface area (Å²) in [5, 5.41) is 14.0. The Morgan fingerprint density at radius 3 is 2.79 bits per heavy atom. The van der Waals surface area contributed by atoms with E-state index in [9.17, 15) is 0 Å². The van der Waals surface area contributed by atoms with Gasteiger partial charge in [0.2, 0.25) is 0 Å². The molecule has 14 heavy (non-hydrogen) atoms. The fourth-order valence-corrected chi connectivity index (χ4v) is 2.78. The van der Waals surface area contributed by atoms with Gasteiger partial charge in [-0.2, -0.15) is 0 Å². The first-order valence-corrected chi connectivity index (χ1v) is 5.92. The smallest absolute Gasteiger partial charge is 0.121 e. The van der Waals surface area contributed by atoms with Gasteiger partial charge < -0.3 is 5.32 Å². The molecule has 1 aliphatic rings. The molecule has 0 aliphatic heterocycles. The summed E-state index contributed by atoms with van der Waals surface area (Å²) in [5.74, 6) is 0.670. The lowest BCUT2D eigenvalue weighted by Crippen LogP contribution is -2.09. The second-order valence-corrected chi connectivity index (χ2v) is 5.73. The van der Waals surface area contributed by atoms with Crippen LogP contribution in [0.15, 0.2) is 0 Å². The number of hydrogen-bond acceptors (Lipinski definition) is 4. The van der Waals surface area contributed by atoms with Crippen LogP contribution in [0.2, 0.25) is 0 Å². The van der Waals surface area contributed by atoms with Crippen LogP contribution in [-0.4, -0.2) is 23.8 Å². The largest absolute Gasteiger partial charge is 0.319 e. The zero-order valence-corrected chi connectivity index (χ0v) is 9.82. The van der Waals surface area contributed by atoms with Gasteiger partial charge in [0.15, 0.2) is 0 Å². The summed E-state index contributed by atoms with van der Waals surface area (Å²) in [4.78, 5) is 0. The van der Waals surface area contributed by atoms with Gasteiger partial charge in [-0.1, -0.05) is 13.8 Å². The fraction of sp³-hybridized carbons (Fsp3) is 0.800. The summed E-state index contributed by atoms with van der Waals surface area (Å²) in [6, 6.07) is 0. The molecular formula is C10H17N3S. The first kappa shape index (κ1) is 10.1. The minimum Gasteiger partial charge on any atom is -0.319 e. The van der Waals surface area contributed by atoms with Crippen LogP contribution >= 0.6 is 11.3 Å². The lowest BCUT2D eigenvalue weighted by atomic mass is 10.1. The average molecular weight is 211 g/mol. The topological polar surface area (TPSA) is 37.8 Å². The van der Waals surface area contributed by atoms with Crippen LogP contribution in [0.3, 0.4) is 0 Å². The maximum Gasteiger partial charge on any atom is 0.121 e. The molecule has 1 N–H and O–H groups in total. The van der Waals surface area contributed by atoms with Crippen LogP contribution in [0.1, 0.15) is 36.2 Å². The van der Waals surface area contributed by atoms with Gasteiger partial charge in [0.1, 0.15) is 10.0 Å². The molecule has 1 aromatic heterocycles. The molecule has 1 aromatic rings. The SMILES string of the molecule is CNCCc1nnc(C2CC2(C)C)s1. The van der Waals surface area contributed by atoms with E-state index in [-0.39, 0.29) is 0 Å². The van der Waals surface area contributed by atoms with E-state index in [0.29, 0.717) is 11.3 Å². The molecule has 1 saturated carbocycles. The summed E-state index contributed by atoms with van der Waals surface area (Å²) in [7, 11) is 1.96. The Labute approximate surface area is 88.9 Å². The predicted octanol–water partition coefficient (Wildman–Crippen LogP) is 1.81. The van der Waals surface area contributed by atoms with Crippen molar-refractivity contribution >= 4 is 11.3 Å². The van der Waals surface area contributed by atoms with Gasteiger partial charge in [-0.15, -0.1) is 21.5 Å². The zero-order valence-electron chi connectivity index (χ0n) is 9.00. The quantitative estimate of drug-likeness (QED) is 0.825. The summed E-state index contributed by atoms with van der Waals surface area (Å²) in [5.41, 5.74) is 0.472. The number of likely N-dealkylation sites (N-methyl/N-ethyl adjacent to an activating group) is 1. The van der Waals surface area contributed by atoms with Crippen molar-refractivity contribution in [3.05, 3.63) is 10.0 Å². The van der Waals surface area contributed by atoms with Crippen LogP contribution in [0.4, 0.5) is 0 Å². The monoisotopic (exact) mass is 211 g/mol. The Morgan fingerprint density at radius 2 is 2.21 bits per heavy atom. The van der Waals surface area contributed by atoms with E-state index in [1.165, 1.54) is 11.4 Å². The van der Waals surface area contributed by atoms with E-state index in [4.69, 9.17) is 0 Å². The Morgan fingerprint density at radius 1 is 1.50 bits per heavy atom. The molecule has 0 spiro atoms. The van der Waals surface area contributed by atoms with Crippen LogP contribution in [0.25, 0.3) is 0 Å². The Hall–Kier alpha value is -0.480. The lowest BCUT2D eigenvalue weighted by Gasteiger charge is -1.96. The van der Waals surface area contributed by atoms with Gasteiger partial charge >= 0.3 is 0 Å². The maximum atomic E-state index is 4.27. The summed E-state index contributed by atoms with van der Waals surface area (Å²) in [6.45, 7) is 5.58. The second kappa shape index (κ2) is 3.59. The van der Waals surface area contributed by atoms with Crippen LogP contribution in [0, 0.1) is 5.41 Å².